The maximum absolute atomic E-state index is 12.6. The maximum atomic E-state index is 12.6. The van der Waals surface area contributed by atoms with Crippen molar-refractivity contribution in [1.29, 1.82) is 0 Å². The lowest BCUT2D eigenvalue weighted by Gasteiger charge is -2.16. The van der Waals surface area contributed by atoms with Crippen molar-refractivity contribution < 1.29 is 28.3 Å². The molecule has 0 saturated carbocycles. The molecule has 2 aromatic carbocycles. The molecule has 1 fully saturated rings. The summed E-state index contributed by atoms with van der Waals surface area (Å²) in [6.45, 7) is 0.859. The van der Waals surface area contributed by atoms with Crippen molar-refractivity contribution in [2.75, 3.05) is 25.0 Å². The molecule has 0 unspecified atom stereocenters. The first-order chi connectivity index (χ1) is 14.2. The molecule has 1 aromatic heterocycles. The summed E-state index contributed by atoms with van der Waals surface area (Å²) in [5.74, 6) is 3.38. The van der Waals surface area contributed by atoms with Crippen LogP contribution in [0.4, 0.5) is 5.69 Å². The molecule has 3 aliphatic heterocycles. The van der Waals surface area contributed by atoms with Crippen molar-refractivity contribution in [3.8, 4) is 34.4 Å². The summed E-state index contributed by atoms with van der Waals surface area (Å²) in [5.41, 5.74) is 1.53. The molecule has 1 amide bonds. The number of anilines is 1. The number of carbonyl (C=O) groups is 1. The highest BCUT2D eigenvalue weighted by Crippen LogP contribution is 2.39. The summed E-state index contributed by atoms with van der Waals surface area (Å²) in [6, 6.07) is 10.9. The molecule has 9 heteroatoms. The van der Waals surface area contributed by atoms with Crippen LogP contribution in [0.1, 0.15) is 18.2 Å². The maximum Gasteiger partial charge on any atom is 0.232 e. The Kier molecular flexibility index (Phi) is 3.43. The van der Waals surface area contributed by atoms with Gasteiger partial charge >= 0.3 is 0 Å². The van der Waals surface area contributed by atoms with Gasteiger partial charge in [0.15, 0.2) is 23.0 Å². The molecule has 3 aliphatic rings. The zero-order chi connectivity index (χ0) is 19.4. The van der Waals surface area contributed by atoms with Gasteiger partial charge in [0.25, 0.3) is 0 Å². The van der Waals surface area contributed by atoms with Gasteiger partial charge in [0.2, 0.25) is 31.2 Å². The van der Waals surface area contributed by atoms with Gasteiger partial charge in [-0.15, -0.1) is 0 Å². The Morgan fingerprint density at radius 3 is 2.45 bits per heavy atom. The lowest BCUT2D eigenvalue weighted by atomic mass is 10.1. The zero-order valence-corrected chi connectivity index (χ0v) is 15.2. The number of carbonyl (C=O) groups excluding carboxylic acids is 1. The van der Waals surface area contributed by atoms with E-state index in [0.29, 0.717) is 47.7 Å². The minimum atomic E-state index is -0.178. The van der Waals surface area contributed by atoms with Gasteiger partial charge in [-0.05, 0) is 30.3 Å². The largest absolute Gasteiger partial charge is 0.454 e. The van der Waals surface area contributed by atoms with Gasteiger partial charge in [-0.3, -0.25) is 4.79 Å². The monoisotopic (exact) mass is 393 g/mol. The molecule has 4 heterocycles. The molecule has 9 nitrogen and oxygen atoms in total. The van der Waals surface area contributed by atoms with Crippen molar-refractivity contribution >= 4 is 11.6 Å². The Labute approximate surface area is 164 Å². The van der Waals surface area contributed by atoms with Gasteiger partial charge in [0.05, 0.1) is 5.92 Å². The Morgan fingerprint density at radius 2 is 1.62 bits per heavy atom. The summed E-state index contributed by atoms with van der Waals surface area (Å²) in [4.78, 5) is 18.8. The van der Waals surface area contributed by atoms with Crippen LogP contribution in [-0.4, -0.2) is 36.2 Å². The fraction of sp³-hybridized carbons (Fsp3) is 0.250. The van der Waals surface area contributed by atoms with Crippen LogP contribution in [-0.2, 0) is 4.79 Å². The van der Waals surface area contributed by atoms with Crippen LogP contribution in [0, 0.1) is 0 Å². The summed E-state index contributed by atoms with van der Waals surface area (Å²) < 4.78 is 26.9. The zero-order valence-electron chi connectivity index (χ0n) is 15.2. The van der Waals surface area contributed by atoms with Crippen LogP contribution in [0.5, 0.6) is 23.0 Å². The Bertz CT molecular complexity index is 1130. The molecule has 1 saturated heterocycles. The summed E-state index contributed by atoms with van der Waals surface area (Å²) in [6.07, 6.45) is 0.303. The number of amides is 1. The molecule has 0 aliphatic carbocycles. The predicted octanol–water partition coefficient (Wildman–Crippen LogP) is 2.71. The molecule has 29 heavy (non-hydrogen) atoms. The molecular formula is C20H15N3O6. The number of ether oxygens (including phenoxy) is 4. The highest BCUT2D eigenvalue weighted by molar-refractivity contribution is 5.96. The number of nitrogens with zero attached hydrogens (tertiary/aromatic N) is 3. The van der Waals surface area contributed by atoms with Gasteiger partial charge in [-0.1, -0.05) is 5.16 Å². The third kappa shape index (κ3) is 2.65. The number of fused-ring (bicyclic) bond motifs is 2. The summed E-state index contributed by atoms with van der Waals surface area (Å²) in [7, 11) is 0. The second kappa shape index (κ2) is 6.13. The van der Waals surface area contributed by atoms with E-state index in [-0.39, 0.29) is 25.4 Å². The molecule has 6 rings (SSSR count). The highest BCUT2D eigenvalue weighted by atomic mass is 16.7. The van der Waals surface area contributed by atoms with Crippen molar-refractivity contribution in [3.63, 3.8) is 0 Å². The van der Waals surface area contributed by atoms with E-state index in [1.807, 2.05) is 36.4 Å². The van der Waals surface area contributed by atoms with E-state index in [4.69, 9.17) is 23.5 Å². The molecule has 0 bridgehead atoms. The lowest BCUT2D eigenvalue weighted by molar-refractivity contribution is -0.117. The first kappa shape index (κ1) is 16.2. The normalized spacial score (nSPS) is 19.2. The third-order valence-corrected chi connectivity index (χ3v) is 5.21. The third-order valence-electron chi connectivity index (χ3n) is 5.21. The Balaban J connectivity index is 1.24. The van der Waals surface area contributed by atoms with Gasteiger partial charge in [0.1, 0.15) is 0 Å². The van der Waals surface area contributed by atoms with Crippen LogP contribution < -0.4 is 23.8 Å². The van der Waals surface area contributed by atoms with Crippen molar-refractivity contribution in [3.05, 3.63) is 42.3 Å². The summed E-state index contributed by atoms with van der Waals surface area (Å²) in [5, 5.41) is 4.08. The topological polar surface area (TPSA) is 96.2 Å². The second-order valence-electron chi connectivity index (χ2n) is 6.97. The van der Waals surface area contributed by atoms with E-state index >= 15 is 0 Å². The molecule has 0 N–H and O–H groups in total. The van der Waals surface area contributed by atoms with Crippen LogP contribution in [0.3, 0.4) is 0 Å². The first-order valence-corrected chi connectivity index (χ1v) is 9.18. The fourth-order valence-electron chi connectivity index (χ4n) is 3.73. The van der Waals surface area contributed by atoms with E-state index in [2.05, 4.69) is 10.1 Å². The van der Waals surface area contributed by atoms with Crippen LogP contribution >= 0.6 is 0 Å². The number of benzene rings is 2. The van der Waals surface area contributed by atoms with Gasteiger partial charge in [0, 0.05) is 30.3 Å². The molecule has 146 valence electrons. The van der Waals surface area contributed by atoms with Gasteiger partial charge in [-0.25, -0.2) is 0 Å². The molecule has 1 atom stereocenters. The molecule has 0 spiro atoms. The quantitative estimate of drug-likeness (QED) is 0.670. The van der Waals surface area contributed by atoms with Crippen molar-refractivity contribution in [1.82, 2.24) is 10.1 Å². The predicted molar refractivity (Wildman–Crippen MR) is 98.1 cm³/mol. The van der Waals surface area contributed by atoms with E-state index in [9.17, 15) is 4.79 Å². The van der Waals surface area contributed by atoms with E-state index in [1.54, 1.807) is 4.90 Å². The van der Waals surface area contributed by atoms with Gasteiger partial charge in [-0.2, -0.15) is 4.98 Å². The van der Waals surface area contributed by atoms with Crippen molar-refractivity contribution in [2.45, 2.75) is 12.3 Å². The Hall–Kier alpha value is -3.75. The standard InChI is InChI=1S/C20H15N3O6/c24-18-6-12(8-23(18)13-2-4-15-17(7-13)28-10-26-15)20-21-19(22-29-20)11-1-3-14-16(5-11)27-9-25-14/h1-5,7,12H,6,8-10H2/t12-/m1/s1. The van der Waals surface area contributed by atoms with Crippen LogP contribution in [0.2, 0.25) is 0 Å². The van der Waals surface area contributed by atoms with Crippen LogP contribution in [0.25, 0.3) is 11.4 Å². The van der Waals surface area contributed by atoms with Crippen molar-refractivity contribution in [2.24, 2.45) is 0 Å². The molecule has 3 aromatic rings. The van der Waals surface area contributed by atoms with E-state index in [1.165, 1.54) is 0 Å². The average Bonchev–Trinajstić information content (AvgIpc) is 3.51. The average molecular weight is 393 g/mol. The van der Waals surface area contributed by atoms with E-state index < -0.39 is 0 Å². The van der Waals surface area contributed by atoms with Gasteiger partial charge < -0.3 is 28.4 Å². The fourth-order valence-corrected chi connectivity index (χ4v) is 3.73. The van der Waals surface area contributed by atoms with Crippen LogP contribution in [0.15, 0.2) is 40.9 Å². The summed E-state index contributed by atoms with van der Waals surface area (Å²) >= 11 is 0. The SMILES string of the molecule is O=C1C[C@@H](c2nc(-c3ccc4c(c3)OCO4)no2)CN1c1ccc2c(c1)OCO2. The number of rotatable bonds is 3. The lowest BCUT2D eigenvalue weighted by Crippen LogP contribution is -2.24. The molecular weight excluding hydrogens is 378 g/mol. The number of hydrogen-bond acceptors (Lipinski definition) is 8. The minimum absolute atomic E-state index is 0.00306. The smallest absolute Gasteiger partial charge is 0.232 e. The molecule has 0 radical (unpaired) electrons. The van der Waals surface area contributed by atoms with E-state index in [0.717, 1.165) is 11.3 Å². The minimum Gasteiger partial charge on any atom is -0.454 e. The number of hydrogen-bond donors (Lipinski definition) is 0. The second-order valence-corrected chi connectivity index (χ2v) is 6.97. The first-order valence-electron chi connectivity index (χ1n) is 9.18. The Morgan fingerprint density at radius 1 is 0.897 bits per heavy atom. The highest BCUT2D eigenvalue weighted by Gasteiger charge is 2.36. The number of aromatic nitrogens is 2.